The monoisotopic (exact) mass is 326 g/mol. The highest BCUT2D eigenvalue weighted by Gasteiger charge is 2.20. The van der Waals surface area contributed by atoms with Crippen molar-refractivity contribution in [1.82, 2.24) is 15.2 Å². The molecular formula is C13H16BrFN4. The molecule has 0 saturated carbocycles. The lowest BCUT2D eigenvalue weighted by atomic mass is 10.0. The highest BCUT2D eigenvalue weighted by atomic mass is 79.9. The van der Waals surface area contributed by atoms with Crippen molar-refractivity contribution in [2.75, 3.05) is 0 Å². The fourth-order valence-electron chi connectivity index (χ4n) is 2.09. The molecule has 0 aliphatic rings. The summed E-state index contributed by atoms with van der Waals surface area (Å²) in [5.74, 6) is 5.45. The maximum Gasteiger partial charge on any atom is 0.126 e. The Morgan fingerprint density at radius 1 is 1.53 bits per heavy atom. The van der Waals surface area contributed by atoms with Gasteiger partial charge in [-0.25, -0.2) is 9.82 Å². The topological polar surface area (TPSA) is 55.9 Å². The van der Waals surface area contributed by atoms with Crippen molar-refractivity contribution in [3.05, 3.63) is 51.5 Å². The summed E-state index contributed by atoms with van der Waals surface area (Å²) in [7, 11) is 0. The number of nitrogens with zero attached hydrogens (tertiary/aromatic N) is 2. The molecule has 3 N–H and O–H groups in total. The number of rotatable bonds is 4. The zero-order valence-electron chi connectivity index (χ0n) is 10.8. The van der Waals surface area contributed by atoms with Crippen LogP contribution in [-0.2, 0) is 6.54 Å². The third-order valence-corrected chi connectivity index (χ3v) is 3.70. The Balaban J connectivity index is 2.49. The molecule has 1 heterocycles. The number of halogens is 2. The quantitative estimate of drug-likeness (QED) is 0.671. The third-order valence-electron chi connectivity index (χ3n) is 3.09. The van der Waals surface area contributed by atoms with Crippen LogP contribution in [-0.4, -0.2) is 9.78 Å². The first kappa shape index (κ1) is 14.2. The smallest absolute Gasteiger partial charge is 0.126 e. The lowest BCUT2D eigenvalue weighted by molar-refractivity contribution is 0.540. The molecule has 6 heteroatoms. The van der Waals surface area contributed by atoms with Crippen molar-refractivity contribution in [1.29, 1.82) is 0 Å². The van der Waals surface area contributed by atoms with E-state index in [9.17, 15) is 4.39 Å². The van der Waals surface area contributed by atoms with Crippen LogP contribution in [0.25, 0.3) is 0 Å². The number of hydrazine groups is 1. The molecule has 0 aliphatic heterocycles. The van der Waals surface area contributed by atoms with Gasteiger partial charge in [0.2, 0.25) is 0 Å². The average Bonchev–Trinajstić information content (AvgIpc) is 2.76. The lowest BCUT2D eigenvalue weighted by Crippen LogP contribution is -2.31. The Morgan fingerprint density at radius 3 is 2.84 bits per heavy atom. The molecule has 0 bridgehead atoms. The van der Waals surface area contributed by atoms with E-state index in [0.717, 1.165) is 22.3 Å². The van der Waals surface area contributed by atoms with E-state index in [4.69, 9.17) is 5.84 Å². The fourth-order valence-corrected chi connectivity index (χ4v) is 2.62. The molecule has 0 spiro atoms. The minimum atomic E-state index is -0.240. The predicted octanol–water partition coefficient (Wildman–Crippen LogP) is 2.67. The lowest BCUT2D eigenvalue weighted by Gasteiger charge is -2.19. The fraction of sp³-hybridized carbons (Fsp3) is 0.308. The van der Waals surface area contributed by atoms with E-state index < -0.39 is 0 Å². The van der Waals surface area contributed by atoms with Gasteiger partial charge >= 0.3 is 0 Å². The van der Waals surface area contributed by atoms with Crippen LogP contribution >= 0.6 is 15.9 Å². The SMILES string of the molecule is CCn1ncc(Br)c1C(NN)c1ccc(F)c(C)c1. The first-order valence-corrected chi connectivity index (χ1v) is 6.81. The summed E-state index contributed by atoms with van der Waals surface area (Å²) in [6.07, 6.45) is 1.74. The number of nitrogens with two attached hydrogens (primary N) is 1. The zero-order valence-corrected chi connectivity index (χ0v) is 12.4. The summed E-state index contributed by atoms with van der Waals surface area (Å²) in [5, 5.41) is 4.27. The molecule has 4 nitrogen and oxygen atoms in total. The van der Waals surface area contributed by atoms with Gasteiger partial charge in [0.25, 0.3) is 0 Å². The summed E-state index contributed by atoms with van der Waals surface area (Å²) < 4.78 is 16.1. The van der Waals surface area contributed by atoms with Crippen LogP contribution in [0, 0.1) is 12.7 Å². The standard InChI is InChI=1S/C13H16BrFN4/c1-3-19-13(10(14)7-17-19)12(18-16)9-4-5-11(15)8(2)6-9/h4-7,12,18H,3,16H2,1-2H3. The van der Waals surface area contributed by atoms with Crippen molar-refractivity contribution >= 4 is 15.9 Å². The molecule has 0 amide bonds. The van der Waals surface area contributed by atoms with Crippen molar-refractivity contribution in [2.45, 2.75) is 26.4 Å². The normalized spacial score (nSPS) is 12.7. The van der Waals surface area contributed by atoms with Crippen molar-refractivity contribution in [3.63, 3.8) is 0 Å². The predicted molar refractivity (Wildman–Crippen MR) is 75.9 cm³/mol. The molecule has 1 aromatic heterocycles. The van der Waals surface area contributed by atoms with Crippen LogP contribution in [0.3, 0.4) is 0 Å². The second kappa shape index (κ2) is 5.81. The summed E-state index contributed by atoms with van der Waals surface area (Å²) in [6.45, 7) is 4.48. The first-order chi connectivity index (χ1) is 9.08. The van der Waals surface area contributed by atoms with Gasteiger partial charge in [0.15, 0.2) is 0 Å². The third kappa shape index (κ3) is 2.70. The van der Waals surface area contributed by atoms with Gasteiger partial charge in [-0.05, 0) is 47.0 Å². The minimum Gasteiger partial charge on any atom is -0.271 e. The number of nitrogens with one attached hydrogen (secondary N) is 1. The number of hydrogen-bond donors (Lipinski definition) is 2. The van der Waals surface area contributed by atoms with E-state index in [1.807, 2.05) is 11.6 Å². The molecule has 2 aromatic rings. The summed E-state index contributed by atoms with van der Waals surface area (Å²) in [6, 6.07) is 4.73. The second-order valence-corrected chi connectivity index (χ2v) is 5.16. The summed E-state index contributed by atoms with van der Waals surface area (Å²) in [5.41, 5.74) is 5.19. The Kier molecular flexibility index (Phi) is 4.34. The molecule has 19 heavy (non-hydrogen) atoms. The molecule has 2 rings (SSSR count). The Bertz CT molecular complexity index is 582. The molecule has 102 valence electrons. The number of hydrogen-bond acceptors (Lipinski definition) is 3. The van der Waals surface area contributed by atoms with Crippen molar-refractivity contribution in [2.24, 2.45) is 5.84 Å². The Morgan fingerprint density at radius 2 is 2.26 bits per heavy atom. The van der Waals surface area contributed by atoms with Crippen molar-refractivity contribution < 1.29 is 4.39 Å². The Hall–Kier alpha value is -1.24. The first-order valence-electron chi connectivity index (χ1n) is 6.01. The van der Waals surface area contributed by atoms with Crippen LogP contribution in [0.1, 0.15) is 29.8 Å². The van der Waals surface area contributed by atoms with Crippen LogP contribution in [0.15, 0.2) is 28.9 Å². The molecular weight excluding hydrogens is 311 g/mol. The van der Waals surface area contributed by atoms with Gasteiger partial charge in [0.05, 0.1) is 22.4 Å². The Labute approximate surface area is 119 Å². The number of benzene rings is 1. The molecule has 0 fully saturated rings. The van der Waals surface area contributed by atoms with Crippen LogP contribution in [0.2, 0.25) is 0 Å². The molecule has 0 saturated heterocycles. The van der Waals surface area contributed by atoms with Gasteiger partial charge in [0, 0.05) is 6.54 Å². The van der Waals surface area contributed by atoms with Crippen molar-refractivity contribution in [3.8, 4) is 0 Å². The van der Waals surface area contributed by atoms with E-state index in [0.29, 0.717) is 5.56 Å². The highest BCUT2D eigenvalue weighted by molar-refractivity contribution is 9.10. The maximum absolute atomic E-state index is 13.4. The molecule has 0 aliphatic carbocycles. The van der Waals surface area contributed by atoms with E-state index in [1.165, 1.54) is 6.07 Å². The molecule has 0 radical (unpaired) electrons. The van der Waals surface area contributed by atoms with Gasteiger partial charge in [-0.15, -0.1) is 0 Å². The van der Waals surface area contributed by atoms with E-state index in [2.05, 4.69) is 26.5 Å². The van der Waals surface area contributed by atoms with E-state index in [-0.39, 0.29) is 11.9 Å². The second-order valence-electron chi connectivity index (χ2n) is 4.30. The summed E-state index contributed by atoms with van der Waals surface area (Å²) >= 11 is 3.48. The van der Waals surface area contributed by atoms with E-state index >= 15 is 0 Å². The molecule has 1 unspecified atom stereocenters. The van der Waals surface area contributed by atoms with Gasteiger partial charge in [-0.3, -0.25) is 10.5 Å². The van der Waals surface area contributed by atoms with Crippen LogP contribution in [0.4, 0.5) is 4.39 Å². The maximum atomic E-state index is 13.4. The molecule has 1 atom stereocenters. The molecule has 1 aromatic carbocycles. The van der Waals surface area contributed by atoms with E-state index in [1.54, 1.807) is 25.3 Å². The minimum absolute atomic E-state index is 0.220. The number of aromatic nitrogens is 2. The zero-order chi connectivity index (χ0) is 14.0. The average molecular weight is 327 g/mol. The van der Waals surface area contributed by atoms with Gasteiger partial charge in [-0.1, -0.05) is 12.1 Å². The summed E-state index contributed by atoms with van der Waals surface area (Å²) in [4.78, 5) is 0. The van der Waals surface area contributed by atoms with Crippen LogP contribution < -0.4 is 11.3 Å². The number of aryl methyl sites for hydroxylation is 2. The largest absolute Gasteiger partial charge is 0.271 e. The van der Waals surface area contributed by atoms with Gasteiger partial charge < -0.3 is 0 Å². The van der Waals surface area contributed by atoms with Gasteiger partial charge in [0.1, 0.15) is 5.82 Å². The van der Waals surface area contributed by atoms with Gasteiger partial charge in [-0.2, -0.15) is 5.10 Å². The highest BCUT2D eigenvalue weighted by Crippen LogP contribution is 2.28. The van der Waals surface area contributed by atoms with Crippen LogP contribution in [0.5, 0.6) is 0 Å².